The number of rotatable bonds is 4. The van der Waals surface area contributed by atoms with Gasteiger partial charge in [-0.2, -0.15) is 10.1 Å². The highest BCUT2D eigenvalue weighted by molar-refractivity contribution is 7.20. The molecule has 1 fully saturated rings. The van der Waals surface area contributed by atoms with E-state index in [0.29, 0.717) is 41.5 Å². The first kappa shape index (κ1) is 17.8. The number of thiazole rings is 1. The maximum atomic E-state index is 13.8. The van der Waals surface area contributed by atoms with E-state index in [0.717, 1.165) is 23.9 Å². The summed E-state index contributed by atoms with van der Waals surface area (Å²) >= 11 is 1.12. The first-order chi connectivity index (χ1) is 13.0. The van der Waals surface area contributed by atoms with E-state index in [2.05, 4.69) is 10.1 Å². The standard InChI is InChI=1S/C18H18F2N4O2S/c1-2-24-8-5-14(22-24)17(25)23-6-3-12(4-7-23)26-18-21-16-13(20)9-11(19)10-15(16)27-18/h5,8-10,12H,2-4,6-7H2,1H3. The van der Waals surface area contributed by atoms with E-state index in [-0.39, 0.29) is 17.5 Å². The van der Waals surface area contributed by atoms with Gasteiger partial charge in [0.25, 0.3) is 11.1 Å². The van der Waals surface area contributed by atoms with Gasteiger partial charge in [-0.05, 0) is 19.1 Å². The SMILES string of the molecule is CCn1ccc(C(=O)N2CCC(Oc3nc4c(F)cc(F)cc4s3)CC2)n1. The van der Waals surface area contributed by atoms with Crippen LogP contribution in [0, 0.1) is 11.6 Å². The van der Waals surface area contributed by atoms with Gasteiger partial charge in [-0.1, -0.05) is 11.3 Å². The van der Waals surface area contributed by atoms with Crippen molar-refractivity contribution in [1.29, 1.82) is 0 Å². The molecule has 2 aromatic heterocycles. The number of ether oxygens (including phenoxy) is 1. The van der Waals surface area contributed by atoms with Gasteiger partial charge in [0.15, 0.2) is 5.82 Å². The number of hydrogen-bond donors (Lipinski definition) is 0. The van der Waals surface area contributed by atoms with Crippen LogP contribution in [0.25, 0.3) is 10.2 Å². The molecule has 0 bridgehead atoms. The number of carbonyl (C=O) groups is 1. The van der Waals surface area contributed by atoms with Crippen LogP contribution in [-0.4, -0.2) is 44.8 Å². The summed E-state index contributed by atoms with van der Waals surface area (Å²) in [4.78, 5) is 18.4. The van der Waals surface area contributed by atoms with Gasteiger partial charge < -0.3 is 9.64 Å². The van der Waals surface area contributed by atoms with Crippen LogP contribution in [-0.2, 0) is 6.54 Å². The molecule has 0 atom stereocenters. The lowest BCUT2D eigenvalue weighted by Gasteiger charge is -2.31. The van der Waals surface area contributed by atoms with Crippen LogP contribution in [0.15, 0.2) is 24.4 Å². The van der Waals surface area contributed by atoms with E-state index in [4.69, 9.17) is 4.74 Å². The van der Waals surface area contributed by atoms with E-state index in [1.807, 2.05) is 6.92 Å². The maximum absolute atomic E-state index is 13.8. The highest BCUT2D eigenvalue weighted by Gasteiger charge is 2.26. The monoisotopic (exact) mass is 392 g/mol. The van der Waals surface area contributed by atoms with Crippen molar-refractivity contribution in [2.45, 2.75) is 32.4 Å². The van der Waals surface area contributed by atoms with E-state index in [9.17, 15) is 13.6 Å². The zero-order valence-corrected chi connectivity index (χ0v) is 15.5. The molecule has 27 heavy (non-hydrogen) atoms. The Morgan fingerprint density at radius 2 is 2.11 bits per heavy atom. The summed E-state index contributed by atoms with van der Waals surface area (Å²) in [6.07, 6.45) is 2.97. The molecule has 1 saturated heterocycles. The quantitative estimate of drug-likeness (QED) is 0.682. The predicted molar refractivity (Wildman–Crippen MR) is 97.0 cm³/mol. The molecule has 4 rings (SSSR count). The van der Waals surface area contributed by atoms with Crippen molar-refractivity contribution in [2.75, 3.05) is 13.1 Å². The summed E-state index contributed by atoms with van der Waals surface area (Å²) in [5.74, 6) is -1.41. The van der Waals surface area contributed by atoms with E-state index >= 15 is 0 Å². The lowest BCUT2D eigenvalue weighted by molar-refractivity contribution is 0.0589. The first-order valence-corrected chi connectivity index (χ1v) is 9.60. The lowest BCUT2D eigenvalue weighted by atomic mass is 10.1. The van der Waals surface area contributed by atoms with Crippen molar-refractivity contribution >= 4 is 27.5 Å². The summed E-state index contributed by atoms with van der Waals surface area (Å²) in [7, 11) is 0. The van der Waals surface area contributed by atoms with Crippen LogP contribution in [0.5, 0.6) is 5.19 Å². The van der Waals surface area contributed by atoms with Gasteiger partial charge in [-0.15, -0.1) is 0 Å². The minimum absolute atomic E-state index is 0.0850. The fraction of sp³-hybridized carbons (Fsp3) is 0.389. The zero-order chi connectivity index (χ0) is 19.0. The van der Waals surface area contributed by atoms with E-state index in [1.165, 1.54) is 6.07 Å². The largest absolute Gasteiger partial charge is 0.467 e. The van der Waals surface area contributed by atoms with Crippen molar-refractivity contribution in [3.05, 3.63) is 41.7 Å². The third kappa shape index (κ3) is 3.64. The van der Waals surface area contributed by atoms with Gasteiger partial charge >= 0.3 is 0 Å². The second kappa shape index (κ2) is 7.22. The molecule has 142 valence electrons. The fourth-order valence-corrected chi connectivity index (χ4v) is 4.04. The molecule has 3 aromatic rings. The number of carbonyl (C=O) groups excluding carboxylic acids is 1. The molecule has 9 heteroatoms. The number of hydrogen-bond acceptors (Lipinski definition) is 5. The summed E-state index contributed by atoms with van der Waals surface area (Å²) < 4.78 is 35.1. The highest BCUT2D eigenvalue weighted by Crippen LogP contribution is 2.32. The molecule has 1 aromatic carbocycles. The van der Waals surface area contributed by atoms with Gasteiger partial charge in [0.2, 0.25) is 0 Å². The van der Waals surface area contributed by atoms with Gasteiger partial charge in [-0.3, -0.25) is 9.48 Å². The molecule has 1 aliphatic rings. The summed E-state index contributed by atoms with van der Waals surface area (Å²) in [5, 5.41) is 4.57. The smallest absolute Gasteiger partial charge is 0.274 e. The number of halogens is 2. The number of fused-ring (bicyclic) bond motifs is 1. The van der Waals surface area contributed by atoms with Crippen molar-refractivity contribution in [3.8, 4) is 5.19 Å². The minimum atomic E-state index is -0.692. The number of aromatic nitrogens is 3. The molecule has 0 N–H and O–H groups in total. The Bertz CT molecular complexity index is 979. The van der Waals surface area contributed by atoms with Gasteiger partial charge in [0.05, 0.1) is 4.70 Å². The minimum Gasteiger partial charge on any atom is -0.467 e. The molecule has 0 spiro atoms. The van der Waals surface area contributed by atoms with E-state index < -0.39 is 11.6 Å². The Labute approximate surface area is 158 Å². The Morgan fingerprint density at radius 1 is 1.33 bits per heavy atom. The van der Waals surface area contributed by atoms with Crippen molar-refractivity contribution in [3.63, 3.8) is 0 Å². The second-order valence-electron chi connectivity index (χ2n) is 6.38. The third-order valence-electron chi connectivity index (χ3n) is 4.57. The van der Waals surface area contributed by atoms with Crippen LogP contribution < -0.4 is 4.74 Å². The Hall–Kier alpha value is -2.55. The van der Waals surface area contributed by atoms with Crippen LogP contribution in [0.1, 0.15) is 30.3 Å². The number of benzene rings is 1. The molecular formula is C18H18F2N4O2S. The Balaban J connectivity index is 1.38. The van der Waals surface area contributed by atoms with Gasteiger partial charge in [-0.25, -0.2) is 8.78 Å². The molecule has 3 heterocycles. The van der Waals surface area contributed by atoms with E-state index in [1.54, 1.807) is 21.8 Å². The van der Waals surface area contributed by atoms with Crippen LogP contribution in [0.2, 0.25) is 0 Å². The third-order valence-corrected chi connectivity index (χ3v) is 5.47. The first-order valence-electron chi connectivity index (χ1n) is 8.78. The average Bonchev–Trinajstić information content (AvgIpc) is 3.28. The summed E-state index contributed by atoms with van der Waals surface area (Å²) in [6, 6.07) is 3.79. The maximum Gasteiger partial charge on any atom is 0.274 e. The molecule has 0 aliphatic carbocycles. The molecule has 0 radical (unpaired) electrons. The Morgan fingerprint density at radius 3 is 2.81 bits per heavy atom. The Kier molecular flexibility index (Phi) is 4.77. The van der Waals surface area contributed by atoms with Gasteiger partial charge in [0, 0.05) is 44.7 Å². The average molecular weight is 392 g/mol. The van der Waals surface area contributed by atoms with Crippen LogP contribution in [0.4, 0.5) is 8.78 Å². The van der Waals surface area contributed by atoms with Crippen molar-refractivity contribution < 1.29 is 18.3 Å². The molecule has 1 aliphatic heterocycles. The number of likely N-dealkylation sites (tertiary alicyclic amines) is 1. The predicted octanol–water partition coefficient (Wildman–Crippen LogP) is 3.47. The number of amides is 1. The number of piperidine rings is 1. The van der Waals surface area contributed by atoms with Crippen LogP contribution >= 0.6 is 11.3 Å². The fourth-order valence-electron chi connectivity index (χ4n) is 3.12. The topological polar surface area (TPSA) is 60.2 Å². The molecule has 0 unspecified atom stereocenters. The molecule has 0 saturated carbocycles. The van der Waals surface area contributed by atoms with Crippen molar-refractivity contribution in [1.82, 2.24) is 19.7 Å². The van der Waals surface area contributed by atoms with Crippen LogP contribution in [0.3, 0.4) is 0 Å². The van der Waals surface area contributed by atoms with Crippen molar-refractivity contribution in [2.24, 2.45) is 0 Å². The summed E-state index contributed by atoms with van der Waals surface area (Å²) in [6.45, 7) is 3.79. The normalized spacial score (nSPS) is 15.4. The second-order valence-corrected chi connectivity index (χ2v) is 7.37. The highest BCUT2D eigenvalue weighted by atomic mass is 32.1. The molecule has 1 amide bonds. The molecule has 6 nitrogen and oxygen atoms in total. The number of aryl methyl sites for hydroxylation is 1. The summed E-state index contributed by atoms with van der Waals surface area (Å²) in [5.41, 5.74) is 0.565. The zero-order valence-electron chi connectivity index (χ0n) is 14.7. The molecular weight excluding hydrogens is 374 g/mol. The van der Waals surface area contributed by atoms with Gasteiger partial charge in [0.1, 0.15) is 23.1 Å². The lowest BCUT2D eigenvalue weighted by Crippen LogP contribution is -2.42. The number of nitrogens with zero attached hydrogens (tertiary/aromatic N) is 4.